The van der Waals surface area contributed by atoms with Crippen molar-refractivity contribution >= 4 is 39.4 Å². The summed E-state index contributed by atoms with van der Waals surface area (Å²) in [6, 6.07) is 4.88. The van der Waals surface area contributed by atoms with Gasteiger partial charge in [0.1, 0.15) is 46.9 Å². The first kappa shape index (κ1) is 29.7. The minimum atomic E-state index is -1.19. The Bertz CT molecular complexity index is 2000. The molecule has 0 bridgehead atoms. The van der Waals surface area contributed by atoms with Crippen LogP contribution in [0.2, 0.25) is 0 Å². The number of nitrogens with one attached hydrogen (secondary N) is 2. The molecule has 3 atom stereocenters. The van der Waals surface area contributed by atoms with E-state index in [1.165, 1.54) is 30.5 Å². The number of pyridine rings is 1. The molecule has 4 fully saturated rings. The summed E-state index contributed by atoms with van der Waals surface area (Å²) in [5.41, 5.74) is -1.53. The molecule has 244 valence electrons. The van der Waals surface area contributed by atoms with E-state index in [0.29, 0.717) is 43.1 Å². The molecule has 4 saturated heterocycles. The van der Waals surface area contributed by atoms with Crippen molar-refractivity contribution in [3.63, 3.8) is 0 Å². The fourth-order valence-electron chi connectivity index (χ4n) is 8.01. The van der Waals surface area contributed by atoms with Gasteiger partial charge in [-0.3, -0.25) is 20.0 Å². The third-order valence-corrected chi connectivity index (χ3v) is 10.2. The molecule has 0 saturated carbocycles. The van der Waals surface area contributed by atoms with E-state index in [9.17, 15) is 23.5 Å². The number of phenols is 1. The average Bonchev–Trinajstić information content (AvgIpc) is 3.66. The van der Waals surface area contributed by atoms with Crippen LogP contribution in [0.4, 0.5) is 23.8 Å². The van der Waals surface area contributed by atoms with Gasteiger partial charge in [-0.2, -0.15) is 9.97 Å². The number of urea groups is 1. The number of aryl methyl sites for hydroxylation is 1. The number of imide groups is 1. The Morgan fingerprint density at radius 3 is 2.77 bits per heavy atom. The molecule has 6 heterocycles. The number of carbonyl (C=O) groups is 2. The van der Waals surface area contributed by atoms with Crippen LogP contribution in [0, 0.1) is 18.6 Å². The lowest BCUT2D eigenvalue weighted by Crippen LogP contribution is -2.58. The van der Waals surface area contributed by atoms with Crippen LogP contribution < -0.4 is 20.3 Å². The molecule has 2 aromatic carbocycles. The van der Waals surface area contributed by atoms with Crippen LogP contribution in [-0.4, -0.2) is 86.9 Å². The predicted octanol–water partition coefficient (Wildman–Crippen LogP) is 4.27. The van der Waals surface area contributed by atoms with Crippen LogP contribution >= 0.6 is 0 Å². The summed E-state index contributed by atoms with van der Waals surface area (Å²) in [7, 11) is 0. The molecule has 47 heavy (non-hydrogen) atoms. The summed E-state index contributed by atoms with van der Waals surface area (Å²) in [6.45, 7) is 3.28. The first-order chi connectivity index (χ1) is 22.6. The number of piperidine rings is 1. The van der Waals surface area contributed by atoms with Gasteiger partial charge in [0.15, 0.2) is 5.82 Å². The van der Waals surface area contributed by atoms with Crippen LogP contribution in [0.3, 0.4) is 0 Å². The molecule has 14 heteroatoms. The fraction of sp³-hybridized carbons (Fsp3) is 0.424. The second kappa shape index (κ2) is 10.7. The van der Waals surface area contributed by atoms with Gasteiger partial charge in [-0.05, 0) is 73.7 Å². The summed E-state index contributed by atoms with van der Waals surface area (Å²) in [4.78, 5) is 42.5. The van der Waals surface area contributed by atoms with Crippen LogP contribution in [0.15, 0.2) is 30.5 Å². The molecule has 0 aliphatic carbocycles. The summed E-state index contributed by atoms with van der Waals surface area (Å²) < 4.78 is 52.2. The van der Waals surface area contributed by atoms with Crippen molar-refractivity contribution in [3.8, 4) is 23.0 Å². The van der Waals surface area contributed by atoms with Crippen LogP contribution in [0.5, 0.6) is 11.8 Å². The van der Waals surface area contributed by atoms with Gasteiger partial charge in [0.25, 0.3) is 5.91 Å². The number of hydrogen-bond donors (Lipinski definition) is 3. The number of alkyl halides is 1. The molecular weight excluding hydrogens is 615 g/mol. The number of fused-ring (bicyclic) bond motifs is 3. The van der Waals surface area contributed by atoms with Crippen molar-refractivity contribution in [2.45, 2.75) is 56.3 Å². The SMILES string of the molecule is Cc1c(F)ccc2cc(O)cc(-c3ncc4c(N5CCCC6(C5)NC(=O)NC6=O)nc(OC[C@@]56CCCN5C[C@H](F)C6)nc4c3F)c12. The first-order valence-corrected chi connectivity index (χ1v) is 15.7. The zero-order chi connectivity index (χ0) is 32.7. The number of amides is 3. The molecule has 4 aromatic rings. The van der Waals surface area contributed by atoms with Crippen molar-refractivity contribution in [3.05, 3.63) is 47.7 Å². The molecule has 0 radical (unpaired) electrons. The van der Waals surface area contributed by atoms with Crippen LogP contribution in [0.25, 0.3) is 32.9 Å². The molecule has 3 amide bonds. The number of benzene rings is 2. The van der Waals surface area contributed by atoms with Gasteiger partial charge in [0.05, 0.1) is 17.5 Å². The van der Waals surface area contributed by atoms with E-state index < -0.39 is 40.8 Å². The van der Waals surface area contributed by atoms with Gasteiger partial charge in [-0.25, -0.2) is 18.0 Å². The minimum Gasteiger partial charge on any atom is -0.508 e. The van der Waals surface area contributed by atoms with Crippen LogP contribution in [-0.2, 0) is 4.79 Å². The van der Waals surface area contributed by atoms with Crippen molar-refractivity contribution in [1.82, 2.24) is 30.5 Å². The van der Waals surface area contributed by atoms with E-state index in [-0.39, 0.29) is 58.5 Å². The Kier molecular flexibility index (Phi) is 6.73. The zero-order valence-electron chi connectivity index (χ0n) is 25.6. The number of rotatable bonds is 5. The topological polar surface area (TPSA) is 133 Å². The Labute approximate surface area is 267 Å². The molecule has 11 nitrogen and oxygen atoms in total. The maximum atomic E-state index is 16.8. The summed E-state index contributed by atoms with van der Waals surface area (Å²) in [5, 5.41) is 16.7. The van der Waals surface area contributed by atoms with Gasteiger partial charge in [-0.15, -0.1) is 0 Å². The Hall–Kier alpha value is -4.72. The van der Waals surface area contributed by atoms with Gasteiger partial charge < -0.3 is 20.1 Å². The maximum Gasteiger partial charge on any atom is 0.322 e. The van der Waals surface area contributed by atoms with E-state index in [0.717, 1.165) is 19.4 Å². The minimum absolute atomic E-state index is 0.0659. The number of anilines is 1. The quantitative estimate of drug-likeness (QED) is 0.272. The molecule has 8 rings (SSSR count). The Balaban J connectivity index is 1.27. The smallest absolute Gasteiger partial charge is 0.322 e. The number of aromatic hydroxyl groups is 1. The second-order valence-corrected chi connectivity index (χ2v) is 13.2. The molecule has 4 aliphatic rings. The number of aromatic nitrogens is 3. The predicted molar refractivity (Wildman–Crippen MR) is 166 cm³/mol. The third-order valence-electron chi connectivity index (χ3n) is 10.2. The number of nitrogens with zero attached hydrogens (tertiary/aromatic N) is 5. The summed E-state index contributed by atoms with van der Waals surface area (Å²) in [5.74, 6) is -1.67. The number of phenolic OH excluding ortho intramolecular Hbond substituents is 1. The van der Waals surface area contributed by atoms with Gasteiger partial charge in [-0.1, -0.05) is 6.07 Å². The largest absolute Gasteiger partial charge is 0.508 e. The van der Waals surface area contributed by atoms with E-state index in [4.69, 9.17) is 4.74 Å². The van der Waals surface area contributed by atoms with Crippen LogP contribution in [0.1, 0.15) is 37.7 Å². The summed E-state index contributed by atoms with van der Waals surface area (Å²) in [6.07, 6.45) is 3.35. The molecule has 2 aromatic heterocycles. The maximum absolute atomic E-state index is 16.8. The number of ether oxygens (including phenoxy) is 1. The van der Waals surface area contributed by atoms with Crippen molar-refractivity contribution in [2.75, 3.05) is 37.7 Å². The highest BCUT2D eigenvalue weighted by Crippen LogP contribution is 2.42. The molecule has 3 N–H and O–H groups in total. The van der Waals surface area contributed by atoms with Crippen molar-refractivity contribution in [1.29, 1.82) is 0 Å². The van der Waals surface area contributed by atoms with Gasteiger partial charge in [0.2, 0.25) is 0 Å². The normalized spacial score (nSPS) is 26.0. The van der Waals surface area contributed by atoms with Crippen molar-refractivity contribution < 1.29 is 32.6 Å². The fourth-order valence-corrected chi connectivity index (χ4v) is 8.01. The Morgan fingerprint density at radius 2 is 1.96 bits per heavy atom. The van der Waals surface area contributed by atoms with Gasteiger partial charge >= 0.3 is 12.0 Å². The first-order valence-electron chi connectivity index (χ1n) is 15.7. The van der Waals surface area contributed by atoms with E-state index in [2.05, 4.69) is 30.5 Å². The lowest BCUT2D eigenvalue weighted by molar-refractivity contribution is -0.124. The number of carbonyl (C=O) groups excluding carboxylic acids is 2. The van der Waals surface area contributed by atoms with E-state index in [1.54, 1.807) is 11.8 Å². The summed E-state index contributed by atoms with van der Waals surface area (Å²) >= 11 is 0. The monoisotopic (exact) mass is 647 g/mol. The third kappa shape index (κ3) is 4.71. The molecule has 4 aliphatic heterocycles. The zero-order valence-corrected chi connectivity index (χ0v) is 25.6. The molecule has 1 spiro atoms. The second-order valence-electron chi connectivity index (χ2n) is 13.2. The van der Waals surface area contributed by atoms with Crippen molar-refractivity contribution in [2.24, 2.45) is 0 Å². The van der Waals surface area contributed by atoms with E-state index in [1.807, 2.05) is 0 Å². The Morgan fingerprint density at radius 1 is 1.13 bits per heavy atom. The molecule has 1 unspecified atom stereocenters. The molecular formula is C33H32F3N7O4. The lowest BCUT2D eigenvalue weighted by atomic mass is 9.89. The van der Waals surface area contributed by atoms with Gasteiger partial charge in [0, 0.05) is 31.3 Å². The number of halogens is 3. The van der Waals surface area contributed by atoms with E-state index >= 15 is 4.39 Å². The standard InChI is InChI=1S/C33H32F3N7O4/c1-17-23(35)5-4-18-10-20(44)11-21(24(17)18)26-25(36)27-22(13-37-26)28(42-8-3-7-33(15-42)29(45)40-30(46)41-33)39-31(38-27)47-16-32-6-2-9-43(32)14-19(34)12-32/h4-5,10-11,13,19,44H,2-3,6-9,12,14-16H2,1H3,(H2,40,41,45,46)/t19-,32+,33?/m1/s1. The lowest BCUT2D eigenvalue weighted by Gasteiger charge is -2.39. The highest BCUT2D eigenvalue weighted by molar-refractivity contribution is 6.08. The average molecular weight is 648 g/mol. The highest BCUT2D eigenvalue weighted by atomic mass is 19.1. The highest BCUT2D eigenvalue weighted by Gasteiger charge is 2.50. The number of hydrogen-bond acceptors (Lipinski definition) is 9.